The zero-order chi connectivity index (χ0) is 22.2. The Morgan fingerprint density at radius 1 is 0.935 bits per heavy atom. The predicted octanol–water partition coefficient (Wildman–Crippen LogP) is 5.46. The summed E-state index contributed by atoms with van der Waals surface area (Å²) in [6.45, 7) is 4.42. The highest BCUT2D eigenvalue weighted by Crippen LogP contribution is 2.17. The van der Waals surface area contributed by atoms with E-state index in [0.29, 0.717) is 22.9 Å². The lowest BCUT2D eigenvalue weighted by atomic mass is 10.1. The van der Waals surface area contributed by atoms with Crippen molar-refractivity contribution in [2.75, 3.05) is 11.9 Å². The monoisotopic (exact) mass is 434 g/mol. The van der Waals surface area contributed by atoms with Crippen LogP contribution in [0.4, 0.5) is 5.69 Å². The Kier molecular flexibility index (Phi) is 7.46. The van der Waals surface area contributed by atoms with E-state index in [4.69, 9.17) is 16.3 Å². The number of hydrogen-bond acceptors (Lipinski definition) is 3. The molecule has 158 valence electrons. The quantitative estimate of drug-likeness (QED) is 0.485. The molecule has 6 heteroatoms. The molecule has 0 atom stereocenters. The molecule has 0 fully saturated rings. The Morgan fingerprint density at radius 3 is 2.19 bits per heavy atom. The number of halogens is 1. The molecule has 0 saturated heterocycles. The normalized spacial score (nSPS) is 11.0. The lowest BCUT2D eigenvalue weighted by Gasteiger charge is -2.12. The van der Waals surface area contributed by atoms with E-state index in [1.165, 1.54) is 0 Å². The number of hydrogen-bond donors (Lipinski definition) is 2. The summed E-state index contributed by atoms with van der Waals surface area (Å²) >= 11 is 5.91. The second-order valence-corrected chi connectivity index (χ2v) is 7.28. The van der Waals surface area contributed by atoms with Gasteiger partial charge in [0.05, 0.1) is 6.61 Å². The third kappa shape index (κ3) is 6.46. The van der Waals surface area contributed by atoms with E-state index in [9.17, 15) is 9.59 Å². The molecule has 0 saturated carbocycles. The second-order valence-electron chi connectivity index (χ2n) is 6.84. The number of carbonyl (C=O) groups is 2. The molecule has 2 amide bonds. The van der Waals surface area contributed by atoms with Crippen LogP contribution in [0.1, 0.15) is 28.4 Å². The molecule has 0 aliphatic heterocycles. The van der Waals surface area contributed by atoms with Gasteiger partial charge in [0.15, 0.2) is 0 Å². The van der Waals surface area contributed by atoms with Crippen LogP contribution >= 0.6 is 11.6 Å². The third-order valence-corrected chi connectivity index (χ3v) is 4.66. The molecule has 0 unspecified atom stereocenters. The average molecular weight is 435 g/mol. The highest BCUT2D eigenvalue weighted by Gasteiger charge is 2.15. The first-order valence-electron chi connectivity index (χ1n) is 9.84. The maximum atomic E-state index is 12.9. The fourth-order valence-electron chi connectivity index (χ4n) is 2.78. The summed E-state index contributed by atoms with van der Waals surface area (Å²) < 4.78 is 5.45. The molecule has 0 spiro atoms. The topological polar surface area (TPSA) is 67.4 Å². The van der Waals surface area contributed by atoms with E-state index >= 15 is 0 Å². The van der Waals surface area contributed by atoms with Gasteiger partial charge in [-0.15, -0.1) is 0 Å². The minimum atomic E-state index is -0.448. The fourth-order valence-corrected chi connectivity index (χ4v) is 2.91. The molecule has 5 nitrogen and oxygen atoms in total. The van der Waals surface area contributed by atoms with Crippen LogP contribution in [0.2, 0.25) is 5.02 Å². The predicted molar refractivity (Wildman–Crippen MR) is 124 cm³/mol. The van der Waals surface area contributed by atoms with Crippen molar-refractivity contribution in [1.82, 2.24) is 5.32 Å². The van der Waals surface area contributed by atoms with Crippen LogP contribution in [0.15, 0.2) is 78.5 Å². The van der Waals surface area contributed by atoms with Crippen molar-refractivity contribution in [2.24, 2.45) is 0 Å². The summed E-state index contributed by atoms with van der Waals surface area (Å²) in [6.07, 6.45) is 1.62. The maximum absolute atomic E-state index is 12.9. The van der Waals surface area contributed by atoms with E-state index in [2.05, 4.69) is 10.6 Å². The minimum absolute atomic E-state index is 0.115. The van der Waals surface area contributed by atoms with Crippen LogP contribution in [0.3, 0.4) is 0 Å². The highest BCUT2D eigenvalue weighted by atomic mass is 35.5. The summed E-state index contributed by atoms with van der Waals surface area (Å²) in [5.74, 6) is -0.0874. The summed E-state index contributed by atoms with van der Waals surface area (Å²) in [7, 11) is 0. The van der Waals surface area contributed by atoms with Crippen molar-refractivity contribution in [2.45, 2.75) is 13.8 Å². The lowest BCUT2D eigenvalue weighted by Crippen LogP contribution is -2.30. The maximum Gasteiger partial charge on any atom is 0.272 e. The van der Waals surface area contributed by atoms with Gasteiger partial charge in [0.25, 0.3) is 11.8 Å². The van der Waals surface area contributed by atoms with E-state index in [0.717, 1.165) is 16.9 Å². The van der Waals surface area contributed by atoms with Crippen molar-refractivity contribution in [1.29, 1.82) is 0 Å². The van der Waals surface area contributed by atoms with Crippen LogP contribution in [0.5, 0.6) is 5.75 Å². The number of benzene rings is 3. The van der Waals surface area contributed by atoms with Crippen molar-refractivity contribution < 1.29 is 14.3 Å². The highest BCUT2D eigenvalue weighted by molar-refractivity contribution is 6.30. The Bertz CT molecular complexity index is 1070. The van der Waals surface area contributed by atoms with Gasteiger partial charge in [-0.2, -0.15) is 0 Å². The number of ether oxygens (including phenoxy) is 1. The van der Waals surface area contributed by atoms with Crippen molar-refractivity contribution in [3.8, 4) is 5.75 Å². The van der Waals surface area contributed by atoms with Gasteiger partial charge < -0.3 is 15.4 Å². The van der Waals surface area contributed by atoms with Crippen LogP contribution in [0, 0.1) is 6.92 Å². The molecule has 0 radical (unpaired) electrons. The molecule has 0 bridgehead atoms. The fraction of sp³-hybridized carbons (Fsp3) is 0.120. The summed E-state index contributed by atoms with van der Waals surface area (Å²) in [4.78, 5) is 25.7. The number of carbonyl (C=O) groups excluding carboxylic acids is 2. The van der Waals surface area contributed by atoms with Gasteiger partial charge in [-0.05, 0) is 74.0 Å². The number of aryl methyl sites for hydroxylation is 1. The average Bonchev–Trinajstić information content (AvgIpc) is 2.76. The molecular formula is C25H23ClN2O3. The van der Waals surface area contributed by atoms with Crippen molar-refractivity contribution >= 4 is 35.2 Å². The molecule has 3 aromatic rings. The van der Waals surface area contributed by atoms with Gasteiger partial charge in [-0.25, -0.2) is 0 Å². The first-order chi connectivity index (χ1) is 14.9. The second kappa shape index (κ2) is 10.5. The van der Waals surface area contributed by atoms with E-state index in [1.807, 2.05) is 50.2 Å². The van der Waals surface area contributed by atoms with Crippen LogP contribution in [0.25, 0.3) is 6.08 Å². The zero-order valence-electron chi connectivity index (χ0n) is 17.3. The van der Waals surface area contributed by atoms with E-state index in [1.54, 1.807) is 42.5 Å². The molecule has 0 aliphatic carbocycles. The molecule has 3 aromatic carbocycles. The number of anilines is 1. The molecule has 0 aliphatic rings. The first kappa shape index (κ1) is 22.1. The molecule has 0 heterocycles. The Labute approximate surface area is 186 Å². The van der Waals surface area contributed by atoms with Gasteiger partial charge in [0.2, 0.25) is 0 Å². The molecule has 31 heavy (non-hydrogen) atoms. The van der Waals surface area contributed by atoms with Crippen molar-refractivity contribution in [3.05, 3.63) is 100 Å². The van der Waals surface area contributed by atoms with Crippen LogP contribution in [-0.2, 0) is 4.79 Å². The van der Waals surface area contributed by atoms with Gasteiger partial charge >= 0.3 is 0 Å². The molecule has 2 N–H and O–H groups in total. The largest absolute Gasteiger partial charge is 0.494 e. The standard InChI is InChI=1S/C25H23ClN2O3/c1-3-31-22-14-6-18(7-15-22)16-23(25(30)27-21-12-10-20(26)11-13-21)28-24(29)19-8-4-17(2)5-9-19/h4-16H,3H2,1-2H3,(H,27,30)(H,28,29). The Hall–Kier alpha value is -3.57. The third-order valence-electron chi connectivity index (χ3n) is 4.41. The smallest absolute Gasteiger partial charge is 0.272 e. The SMILES string of the molecule is CCOc1ccc(C=C(NC(=O)c2ccc(C)cc2)C(=O)Nc2ccc(Cl)cc2)cc1. The molecule has 0 aromatic heterocycles. The Balaban J connectivity index is 1.86. The Morgan fingerprint density at radius 2 is 1.58 bits per heavy atom. The zero-order valence-corrected chi connectivity index (χ0v) is 18.1. The summed E-state index contributed by atoms with van der Waals surface area (Å²) in [5.41, 5.74) is 2.93. The summed E-state index contributed by atoms with van der Waals surface area (Å²) in [6, 6.07) is 21.1. The number of rotatable bonds is 7. The van der Waals surface area contributed by atoms with Gasteiger partial charge in [0.1, 0.15) is 11.4 Å². The molecular weight excluding hydrogens is 412 g/mol. The summed E-state index contributed by atoms with van der Waals surface area (Å²) in [5, 5.41) is 6.07. The van der Waals surface area contributed by atoms with Gasteiger partial charge in [-0.1, -0.05) is 41.4 Å². The van der Waals surface area contributed by atoms with Crippen molar-refractivity contribution in [3.63, 3.8) is 0 Å². The van der Waals surface area contributed by atoms with Gasteiger partial charge in [0, 0.05) is 16.3 Å². The number of nitrogens with one attached hydrogen (secondary N) is 2. The van der Waals surface area contributed by atoms with E-state index < -0.39 is 5.91 Å². The minimum Gasteiger partial charge on any atom is -0.494 e. The van der Waals surface area contributed by atoms with Gasteiger partial charge in [-0.3, -0.25) is 9.59 Å². The number of amides is 2. The van der Waals surface area contributed by atoms with E-state index in [-0.39, 0.29) is 11.6 Å². The lowest BCUT2D eigenvalue weighted by molar-refractivity contribution is -0.113. The molecule has 3 rings (SSSR count). The first-order valence-corrected chi connectivity index (χ1v) is 10.2. The van der Waals surface area contributed by atoms with Crippen LogP contribution < -0.4 is 15.4 Å². The van der Waals surface area contributed by atoms with Crippen LogP contribution in [-0.4, -0.2) is 18.4 Å².